The maximum Gasteiger partial charge on any atom is 0.149 e. The summed E-state index contributed by atoms with van der Waals surface area (Å²) in [5.74, 6) is 0.838. The molecule has 2 rings (SSSR count). The zero-order chi connectivity index (χ0) is 10.2. The summed E-state index contributed by atoms with van der Waals surface area (Å²) in [5.41, 5.74) is 6.81. The highest BCUT2D eigenvalue weighted by Gasteiger charge is 2.46. The number of hydrogen-bond acceptors (Lipinski definition) is 4. The van der Waals surface area contributed by atoms with E-state index in [1.54, 1.807) is 12.4 Å². The second-order valence-corrected chi connectivity index (χ2v) is 4.45. The Labute approximate surface area is 83.9 Å². The molecule has 0 aliphatic heterocycles. The summed E-state index contributed by atoms with van der Waals surface area (Å²) in [4.78, 5) is 8.42. The molecule has 76 valence electrons. The molecule has 0 radical (unpaired) electrons. The number of anilines is 1. The first kappa shape index (κ1) is 9.40. The summed E-state index contributed by atoms with van der Waals surface area (Å²) in [6.07, 6.45) is 4.55. The van der Waals surface area contributed by atoms with Crippen LogP contribution in [0.5, 0.6) is 0 Å². The molecule has 0 bridgehead atoms. The standard InChI is InChI=1S/C10H16N4/c1-10(2)5-8(10)14-9-7(6-11)12-3-4-13-9/h3-4,8H,5-6,11H2,1-2H3,(H,13,14). The van der Waals surface area contributed by atoms with Gasteiger partial charge >= 0.3 is 0 Å². The van der Waals surface area contributed by atoms with Crippen molar-refractivity contribution in [2.24, 2.45) is 11.1 Å². The van der Waals surface area contributed by atoms with E-state index >= 15 is 0 Å². The van der Waals surface area contributed by atoms with Crippen LogP contribution in [0, 0.1) is 5.41 Å². The smallest absolute Gasteiger partial charge is 0.149 e. The molecule has 1 aliphatic carbocycles. The van der Waals surface area contributed by atoms with Crippen molar-refractivity contribution in [1.82, 2.24) is 9.97 Å². The second kappa shape index (κ2) is 3.20. The minimum atomic E-state index is 0.392. The molecule has 1 fully saturated rings. The maximum atomic E-state index is 5.57. The summed E-state index contributed by atoms with van der Waals surface area (Å²) in [6, 6.07) is 0.518. The Kier molecular flexibility index (Phi) is 2.15. The van der Waals surface area contributed by atoms with Crippen LogP contribution in [0.2, 0.25) is 0 Å². The highest BCUT2D eigenvalue weighted by Crippen LogP contribution is 2.46. The van der Waals surface area contributed by atoms with Crippen LogP contribution in [0.15, 0.2) is 12.4 Å². The van der Waals surface area contributed by atoms with Crippen molar-refractivity contribution in [3.63, 3.8) is 0 Å². The van der Waals surface area contributed by atoms with E-state index < -0.39 is 0 Å². The lowest BCUT2D eigenvalue weighted by molar-refractivity contribution is 0.629. The number of nitrogens with zero attached hydrogens (tertiary/aromatic N) is 2. The van der Waals surface area contributed by atoms with Crippen LogP contribution in [0.25, 0.3) is 0 Å². The van der Waals surface area contributed by atoms with Gasteiger partial charge in [-0.2, -0.15) is 0 Å². The van der Waals surface area contributed by atoms with E-state index in [0.29, 0.717) is 18.0 Å². The quantitative estimate of drug-likeness (QED) is 0.754. The maximum absolute atomic E-state index is 5.57. The number of aromatic nitrogens is 2. The zero-order valence-corrected chi connectivity index (χ0v) is 8.62. The fraction of sp³-hybridized carbons (Fsp3) is 0.600. The molecular weight excluding hydrogens is 176 g/mol. The van der Waals surface area contributed by atoms with Crippen molar-refractivity contribution in [2.45, 2.75) is 32.9 Å². The Balaban J connectivity index is 2.10. The van der Waals surface area contributed by atoms with E-state index in [0.717, 1.165) is 11.5 Å². The average molecular weight is 192 g/mol. The number of hydrogen-bond donors (Lipinski definition) is 2. The third-order valence-corrected chi connectivity index (χ3v) is 2.79. The van der Waals surface area contributed by atoms with E-state index in [9.17, 15) is 0 Å². The van der Waals surface area contributed by atoms with Gasteiger partial charge in [0.25, 0.3) is 0 Å². The third-order valence-electron chi connectivity index (χ3n) is 2.79. The summed E-state index contributed by atoms with van der Waals surface area (Å²) in [7, 11) is 0. The number of rotatable bonds is 3. The fourth-order valence-electron chi connectivity index (χ4n) is 1.52. The molecule has 3 N–H and O–H groups in total. The Morgan fingerprint density at radius 2 is 2.14 bits per heavy atom. The van der Waals surface area contributed by atoms with E-state index in [4.69, 9.17) is 5.73 Å². The van der Waals surface area contributed by atoms with Gasteiger partial charge in [0.1, 0.15) is 5.82 Å². The third kappa shape index (κ3) is 1.70. The van der Waals surface area contributed by atoms with Gasteiger partial charge in [-0.1, -0.05) is 13.8 Å². The Hall–Kier alpha value is -1.16. The molecule has 4 heteroatoms. The van der Waals surface area contributed by atoms with Gasteiger partial charge < -0.3 is 11.1 Å². The van der Waals surface area contributed by atoms with Gasteiger partial charge in [0, 0.05) is 25.0 Å². The van der Waals surface area contributed by atoms with Gasteiger partial charge in [0.05, 0.1) is 5.69 Å². The predicted octanol–water partition coefficient (Wildman–Crippen LogP) is 1.15. The van der Waals surface area contributed by atoms with Crippen molar-refractivity contribution < 1.29 is 0 Å². The second-order valence-electron chi connectivity index (χ2n) is 4.45. The molecule has 1 unspecified atom stereocenters. The summed E-state index contributed by atoms with van der Waals surface area (Å²) in [5, 5.41) is 3.37. The van der Waals surface area contributed by atoms with Gasteiger partial charge in [-0.15, -0.1) is 0 Å². The Morgan fingerprint density at radius 1 is 1.50 bits per heavy atom. The molecule has 1 aromatic heterocycles. The van der Waals surface area contributed by atoms with Crippen molar-refractivity contribution in [3.8, 4) is 0 Å². The minimum Gasteiger partial charge on any atom is -0.365 e. The van der Waals surface area contributed by atoms with Crippen molar-refractivity contribution in [3.05, 3.63) is 18.1 Å². The van der Waals surface area contributed by atoms with E-state index in [-0.39, 0.29) is 0 Å². The van der Waals surface area contributed by atoms with Crippen LogP contribution in [0.4, 0.5) is 5.82 Å². The molecule has 0 aromatic carbocycles. The van der Waals surface area contributed by atoms with Crippen molar-refractivity contribution in [1.29, 1.82) is 0 Å². The summed E-state index contributed by atoms with van der Waals surface area (Å²) < 4.78 is 0. The normalized spacial score (nSPS) is 23.2. The van der Waals surface area contributed by atoms with Gasteiger partial charge in [0.2, 0.25) is 0 Å². The van der Waals surface area contributed by atoms with Gasteiger partial charge in [-0.05, 0) is 11.8 Å². The molecule has 4 nitrogen and oxygen atoms in total. The number of nitrogens with two attached hydrogens (primary N) is 1. The molecule has 0 amide bonds. The summed E-state index contributed by atoms with van der Waals surface area (Å²) >= 11 is 0. The first-order valence-corrected chi connectivity index (χ1v) is 4.90. The van der Waals surface area contributed by atoms with Gasteiger partial charge in [-0.3, -0.25) is 4.98 Å². The molecule has 1 heterocycles. The van der Waals surface area contributed by atoms with Crippen LogP contribution < -0.4 is 11.1 Å². The first-order chi connectivity index (χ1) is 6.63. The lowest BCUT2D eigenvalue weighted by atomic mass is 10.2. The summed E-state index contributed by atoms with van der Waals surface area (Å²) in [6.45, 7) is 4.91. The van der Waals surface area contributed by atoms with E-state index in [1.165, 1.54) is 6.42 Å². The Bertz CT molecular complexity index is 335. The fourth-order valence-corrected chi connectivity index (χ4v) is 1.52. The SMILES string of the molecule is CC1(C)CC1Nc1nccnc1CN. The molecule has 1 saturated carbocycles. The van der Waals surface area contributed by atoms with Crippen LogP contribution in [0.3, 0.4) is 0 Å². The molecule has 1 aliphatic rings. The molecular formula is C10H16N4. The van der Waals surface area contributed by atoms with E-state index in [2.05, 4.69) is 29.1 Å². The predicted molar refractivity (Wildman–Crippen MR) is 55.7 cm³/mol. The average Bonchev–Trinajstić information content (AvgIpc) is 2.75. The number of nitrogens with one attached hydrogen (secondary N) is 1. The van der Waals surface area contributed by atoms with Crippen LogP contribution in [0.1, 0.15) is 26.0 Å². The Morgan fingerprint density at radius 3 is 2.71 bits per heavy atom. The monoisotopic (exact) mass is 192 g/mol. The lowest BCUT2D eigenvalue weighted by Gasteiger charge is -2.09. The topological polar surface area (TPSA) is 63.8 Å². The first-order valence-electron chi connectivity index (χ1n) is 4.90. The highest BCUT2D eigenvalue weighted by molar-refractivity contribution is 5.42. The van der Waals surface area contributed by atoms with E-state index in [1.807, 2.05) is 0 Å². The van der Waals surface area contributed by atoms with Crippen molar-refractivity contribution >= 4 is 5.82 Å². The zero-order valence-electron chi connectivity index (χ0n) is 8.62. The van der Waals surface area contributed by atoms with Crippen LogP contribution >= 0.6 is 0 Å². The highest BCUT2D eigenvalue weighted by atomic mass is 15.1. The molecule has 0 spiro atoms. The largest absolute Gasteiger partial charge is 0.365 e. The molecule has 1 aromatic rings. The lowest BCUT2D eigenvalue weighted by Crippen LogP contribution is -2.13. The van der Waals surface area contributed by atoms with Crippen LogP contribution in [-0.4, -0.2) is 16.0 Å². The van der Waals surface area contributed by atoms with Crippen molar-refractivity contribution in [2.75, 3.05) is 5.32 Å². The van der Waals surface area contributed by atoms with Crippen LogP contribution in [-0.2, 0) is 6.54 Å². The van der Waals surface area contributed by atoms with Gasteiger partial charge in [-0.25, -0.2) is 4.98 Å². The molecule has 14 heavy (non-hydrogen) atoms. The van der Waals surface area contributed by atoms with Gasteiger partial charge in [0.15, 0.2) is 0 Å². The minimum absolute atomic E-state index is 0.392. The molecule has 0 saturated heterocycles. The molecule has 1 atom stereocenters.